The molecule has 0 aromatic heterocycles. The van der Waals surface area contributed by atoms with Crippen molar-refractivity contribution in [3.63, 3.8) is 0 Å². The van der Waals surface area contributed by atoms with Gasteiger partial charge in [-0.15, -0.1) is 0 Å². The van der Waals surface area contributed by atoms with Gasteiger partial charge in [0, 0.05) is 36.6 Å². The number of ether oxygens (including phenoxy) is 1. The Bertz CT molecular complexity index is 410. The van der Waals surface area contributed by atoms with E-state index in [9.17, 15) is 4.79 Å². The first-order valence-electron chi connectivity index (χ1n) is 9.78. The quantitative estimate of drug-likeness (QED) is 0.757. The second-order valence-corrected chi connectivity index (χ2v) is 7.92. The number of piperidine rings is 1. The summed E-state index contributed by atoms with van der Waals surface area (Å²) in [5, 5.41) is 7.02. The Labute approximate surface area is 141 Å². The number of hydrogen-bond donors (Lipinski definition) is 2. The van der Waals surface area contributed by atoms with E-state index in [1.165, 1.54) is 25.7 Å². The second kappa shape index (κ2) is 7.10. The van der Waals surface area contributed by atoms with Crippen LogP contribution in [0.25, 0.3) is 0 Å². The predicted molar refractivity (Wildman–Crippen MR) is 92.3 cm³/mol. The summed E-state index contributed by atoms with van der Waals surface area (Å²) in [7, 11) is 0. The number of carbonyl (C=O) groups excluding carboxylic acids is 1. The van der Waals surface area contributed by atoms with Crippen molar-refractivity contribution < 1.29 is 9.53 Å². The molecule has 3 rings (SSSR count). The number of carbonyl (C=O) groups is 1. The highest BCUT2D eigenvalue weighted by molar-refractivity contribution is 5.76. The Hall–Kier alpha value is -0.610. The topological polar surface area (TPSA) is 50.4 Å². The highest BCUT2D eigenvalue weighted by Crippen LogP contribution is 2.49. The normalized spacial score (nSPS) is 38.1. The predicted octanol–water partition coefficient (Wildman–Crippen LogP) is 3.01. The van der Waals surface area contributed by atoms with Crippen molar-refractivity contribution in [2.75, 3.05) is 6.61 Å². The molecule has 4 heteroatoms. The van der Waals surface area contributed by atoms with Crippen LogP contribution in [0.5, 0.6) is 0 Å². The molecule has 2 N–H and O–H groups in total. The summed E-state index contributed by atoms with van der Waals surface area (Å²) in [6.45, 7) is 7.30. The first-order valence-corrected chi connectivity index (χ1v) is 9.78. The van der Waals surface area contributed by atoms with Crippen molar-refractivity contribution in [3.8, 4) is 0 Å². The molecular formula is C19H34N2O2. The smallest absolute Gasteiger partial charge is 0.220 e. The van der Waals surface area contributed by atoms with Crippen LogP contribution < -0.4 is 10.6 Å². The number of nitrogens with one attached hydrogen (secondary N) is 2. The van der Waals surface area contributed by atoms with Crippen LogP contribution in [0.4, 0.5) is 0 Å². The molecule has 1 amide bonds. The van der Waals surface area contributed by atoms with Crippen molar-refractivity contribution in [3.05, 3.63) is 0 Å². The molecular weight excluding hydrogens is 288 g/mol. The first kappa shape index (κ1) is 17.2. The van der Waals surface area contributed by atoms with Crippen molar-refractivity contribution in [1.82, 2.24) is 10.6 Å². The lowest BCUT2D eigenvalue weighted by Gasteiger charge is -2.55. The van der Waals surface area contributed by atoms with E-state index < -0.39 is 0 Å². The maximum Gasteiger partial charge on any atom is 0.220 e. The van der Waals surface area contributed by atoms with Gasteiger partial charge in [-0.1, -0.05) is 13.8 Å². The molecule has 0 spiro atoms. The molecule has 1 saturated carbocycles. The van der Waals surface area contributed by atoms with Gasteiger partial charge in [0.05, 0.1) is 6.10 Å². The molecule has 4 nitrogen and oxygen atoms in total. The molecule has 4 unspecified atom stereocenters. The van der Waals surface area contributed by atoms with E-state index in [1.807, 2.05) is 0 Å². The molecule has 3 fully saturated rings. The van der Waals surface area contributed by atoms with Gasteiger partial charge in [-0.3, -0.25) is 4.79 Å². The van der Waals surface area contributed by atoms with Gasteiger partial charge in [0.1, 0.15) is 0 Å². The minimum absolute atomic E-state index is 0.152. The molecule has 2 aliphatic heterocycles. The van der Waals surface area contributed by atoms with Gasteiger partial charge in [-0.05, 0) is 57.8 Å². The molecule has 3 aliphatic rings. The lowest BCUT2D eigenvalue weighted by Crippen LogP contribution is -2.64. The van der Waals surface area contributed by atoms with Crippen LogP contribution in [0.15, 0.2) is 0 Å². The first-order chi connectivity index (χ1) is 11.1. The summed E-state index contributed by atoms with van der Waals surface area (Å²) in [5.74, 6) is 0.844. The van der Waals surface area contributed by atoms with Crippen molar-refractivity contribution >= 4 is 5.91 Å². The van der Waals surface area contributed by atoms with Gasteiger partial charge in [-0.2, -0.15) is 0 Å². The molecule has 2 bridgehead atoms. The number of amides is 1. The van der Waals surface area contributed by atoms with Crippen molar-refractivity contribution in [2.45, 2.75) is 96.4 Å². The summed E-state index contributed by atoms with van der Waals surface area (Å²) in [5.41, 5.74) is 0.152. The molecule has 1 aliphatic carbocycles. The molecule has 4 atom stereocenters. The van der Waals surface area contributed by atoms with Gasteiger partial charge in [0.25, 0.3) is 0 Å². The lowest BCUT2D eigenvalue weighted by molar-refractivity contribution is -0.149. The summed E-state index contributed by atoms with van der Waals surface area (Å²) >= 11 is 0. The number of fused-ring (bicyclic) bond motifs is 2. The largest absolute Gasteiger partial charge is 0.378 e. The molecule has 0 radical (unpaired) electrons. The number of hydrogen-bond acceptors (Lipinski definition) is 3. The van der Waals surface area contributed by atoms with Gasteiger partial charge in [0.15, 0.2) is 0 Å². The third kappa shape index (κ3) is 3.30. The zero-order valence-electron chi connectivity index (χ0n) is 15.1. The monoisotopic (exact) mass is 322 g/mol. The van der Waals surface area contributed by atoms with Crippen molar-refractivity contribution in [2.24, 2.45) is 11.3 Å². The fraction of sp³-hybridized carbons (Fsp3) is 0.947. The summed E-state index contributed by atoms with van der Waals surface area (Å²) in [4.78, 5) is 12.6. The van der Waals surface area contributed by atoms with E-state index >= 15 is 0 Å². The highest BCUT2D eigenvalue weighted by Gasteiger charge is 2.53. The van der Waals surface area contributed by atoms with Crippen LogP contribution in [0.2, 0.25) is 0 Å². The zero-order valence-corrected chi connectivity index (χ0v) is 15.1. The molecule has 2 heterocycles. The summed E-state index contributed by atoms with van der Waals surface area (Å²) < 4.78 is 5.91. The minimum atomic E-state index is 0.152. The van der Waals surface area contributed by atoms with E-state index in [0.717, 1.165) is 25.9 Å². The Morgan fingerprint density at radius 3 is 2.35 bits per heavy atom. The highest BCUT2D eigenvalue weighted by atomic mass is 16.5. The SMILES string of the molecule is CCOC1CC(NC(=O)CC2CC3CCC(C2)N3)C1(CC)CC. The maximum atomic E-state index is 12.6. The molecule has 132 valence electrons. The summed E-state index contributed by atoms with van der Waals surface area (Å²) in [6.07, 6.45) is 9.15. The van der Waals surface area contributed by atoms with Gasteiger partial charge in [-0.25, -0.2) is 0 Å². The molecule has 2 saturated heterocycles. The average Bonchev–Trinajstić information content (AvgIpc) is 2.86. The van der Waals surface area contributed by atoms with Crippen molar-refractivity contribution in [1.29, 1.82) is 0 Å². The van der Waals surface area contributed by atoms with Crippen LogP contribution in [-0.4, -0.2) is 36.7 Å². The Kier molecular flexibility index (Phi) is 5.32. The Morgan fingerprint density at radius 2 is 1.78 bits per heavy atom. The van der Waals surface area contributed by atoms with Crippen LogP contribution in [0.1, 0.15) is 72.1 Å². The van der Waals surface area contributed by atoms with E-state index in [4.69, 9.17) is 4.74 Å². The average molecular weight is 322 g/mol. The fourth-order valence-corrected chi connectivity index (χ4v) is 5.44. The number of rotatable bonds is 7. The molecule has 23 heavy (non-hydrogen) atoms. The van der Waals surface area contributed by atoms with E-state index in [-0.39, 0.29) is 11.3 Å². The fourth-order valence-electron chi connectivity index (χ4n) is 5.44. The van der Waals surface area contributed by atoms with Crippen LogP contribution in [0.3, 0.4) is 0 Å². The third-order valence-electron chi connectivity index (χ3n) is 6.85. The van der Waals surface area contributed by atoms with E-state index in [2.05, 4.69) is 31.4 Å². The molecule has 0 aromatic carbocycles. The zero-order chi connectivity index (χ0) is 16.4. The second-order valence-electron chi connectivity index (χ2n) is 7.92. The van der Waals surface area contributed by atoms with Crippen LogP contribution in [0, 0.1) is 11.3 Å². The van der Waals surface area contributed by atoms with E-state index in [1.54, 1.807) is 0 Å². The van der Waals surface area contributed by atoms with Gasteiger partial charge < -0.3 is 15.4 Å². The van der Waals surface area contributed by atoms with Crippen LogP contribution in [-0.2, 0) is 9.53 Å². The standard InChI is InChI=1S/C19H34N2O2/c1-4-19(5-2)16(12-17(19)23-6-3)21-18(22)11-13-9-14-7-8-15(10-13)20-14/h13-17,20H,4-12H2,1-3H3,(H,21,22). The minimum Gasteiger partial charge on any atom is -0.378 e. The van der Waals surface area contributed by atoms with Gasteiger partial charge >= 0.3 is 0 Å². The van der Waals surface area contributed by atoms with E-state index in [0.29, 0.717) is 36.6 Å². The summed E-state index contributed by atoms with van der Waals surface area (Å²) in [6, 6.07) is 1.64. The maximum absolute atomic E-state index is 12.6. The van der Waals surface area contributed by atoms with Crippen LogP contribution >= 0.6 is 0 Å². The molecule has 0 aromatic rings. The lowest BCUT2D eigenvalue weighted by atomic mass is 9.58. The van der Waals surface area contributed by atoms with Gasteiger partial charge in [0.2, 0.25) is 5.91 Å². The Balaban J connectivity index is 1.51. The Morgan fingerprint density at radius 1 is 1.13 bits per heavy atom. The third-order valence-corrected chi connectivity index (χ3v) is 6.85.